The molecule has 20 heavy (non-hydrogen) atoms. The topological polar surface area (TPSA) is 29.1 Å². The molecule has 0 aliphatic rings. The molecule has 2 rings (SSSR count). The van der Waals surface area contributed by atoms with Crippen molar-refractivity contribution in [3.8, 4) is 0 Å². The molecule has 0 aliphatic carbocycles. The Balaban J connectivity index is 2.10. The van der Waals surface area contributed by atoms with Crippen LogP contribution in [0, 0.1) is 12.7 Å². The van der Waals surface area contributed by atoms with Crippen LogP contribution in [-0.2, 0) is 0 Å². The van der Waals surface area contributed by atoms with Gasteiger partial charge in [-0.3, -0.25) is 4.79 Å². The highest BCUT2D eigenvalue weighted by atomic mass is 35.5. The highest BCUT2D eigenvalue weighted by Crippen LogP contribution is 2.17. The van der Waals surface area contributed by atoms with Crippen LogP contribution in [0.15, 0.2) is 42.5 Å². The number of nitrogens with one attached hydrogen (secondary N) is 1. The highest BCUT2D eigenvalue weighted by Gasteiger charge is 2.12. The molecule has 0 saturated heterocycles. The molecule has 1 amide bonds. The molecule has 0 unspecified atom stereocenters. The van der Waals surface area contributed by atoms with E-state index in [0.717, 1.165) is 5.56 Å². The summed E-state index contributed by atoms with van der Waals surface area (Å²) in [5, 5.41) is 3.48. The lowest BCUT2D eigenvalue weighted by Gasteiger charge is -2.14. The minimum atomic E-state index is -0.378. The summed E-state index contributed by atoms with van der Waals surface area (Å²) < 4.78 is 13.4. The Morgan fingerprint density at radius 2 is 1.85 bits per heavy atom. The second-order valence-corrected chi connectivity index (χ2v) is 5.15. The third-order valence-electron chi connectivity index (χ3n) is 3.15. The molecule has 2 nitrogen and oxygen atoms in total. The summed E-state index contributed by atoms with van der Waals surface area (Å²) in [5.41, 5.74) is 1.77. The molecular formula is C16H15ClFNO. The molecule has 1 atom stereocenters. The molecule has 0 radical (unpaired) electrons. The molecule has 2 aromatic carbocycles. The number of amides is 1. The van der Waals surface area contributed by atoms with Crippen LogP contribution in [0.1, 0.15) is 34.5 Å². The standard InChI is InChI=1S/C16H15ClFNO/c1-10-3-4-13(9-15(10)18)16(20)19-11(2)12-5-7-14(17)8-6-12/h3-9,11H,1-2H3,(H,19,20)/t11-/m1/s1. The van der Waals surface area contributed by atoms with Gasteiger partial charge in [-0.25, -0.2) is 4.39 Å². The summed E-state index contributed by atoms with van der Waals surface area (Å²) in [6, 6.07) is 11.5. The Kier molecular flexibility index (Phi) is 4.40. The smallest absolute Gasteiger partial charge is 0.251 e. The van der Waals surface area contributed by atoms with Crippen LogP contribution in [0.3, 0.4) is 0 Å². The van der Waals surface area contributed by atoms with Gasteiger partial charge in [-0.2, -0.15) is 0 Å². The number of hydrogen-bond acceptors (Lipinski definition) is 1. The van der Waals surface area contributed by atoms with Crippen molar-refractivity contribution >= 4 is 17.5 Å². The van der Waals surface area contributed by atoms with Crippen LogP contribution in [0.25, 0.3) is 0 Å². The average molecular weight is 292 g/mol. The normalized spacial score (nSPS) is 12.0. The first-order valence-corrected chi connectivity index (χ1v) is 6.67. The van der Waals surface area contributed by atoms with Gasteiger partial charge in [-0.1, -0.05) is 29.8 Å². The number of rotatable bonds is 3. The Hall–Kier alpha value is -1.87. The SMILES string of the molecule is Cc1ccc(C(=O)N[C@H](C)c2ccc(Cl)cc2)cc1F. The van der Waals surface area contributed by atoms with Crippen LogP contribution < -0.4 is 5.32 Å². The van der Waals surface area contributed by atoms with E-state index in [0.29, 0.717) is 16.1 Å². The molecule has 0 bridgehead atoms. The van der Waals surface area contributed by atoms with Gasteiger partial charge in [0.25, 0.3) is 5.91 Å². The molecule has 104 valence electrons. The first kappa shape index (κ1) is 14.5. The fourth-order valence-electron chi connectivity index (χ4n) is 1.85. The van der Waals surface area contributed by atoms with Gasteiger partial charge in [-0.05, 0) is 49.2 Å². The second-order valence-electron chi connectivity index (χ2n) is 4.71. The zero-order chi connectivity index (χ0) is 14.7. The Labute approximate surface area is 122 Å². The van der Waals surface area contributed by atoms with Gasteiger partial charge >= 0.3 is 0 Å². The van der Waals surface area contributed by atoms with Gasteiger partial charge < -0.3 is 5.32 Å². The summed E-state index contributed by atoms with van der Waals surface area (Å²) >= 11 is 5.82. The molecule has 0 fully saturated rings. The van der Waals surface area contributed by atoms with Gasteiger partial charge in [0.15, 0.2) is 0 Å². The predicted molar refractivity (Wildman–Crippen MR) is 78.5 cm³/mol. The van der Waals surface area contributed by atoms with Crippen molar-refractivity contribution in [1.29, 1.82) is 0 Å². The largest absolute Gasteiger partial charge is 0.346 e. The molecule has 1 N–H and O–H groups in total. The van der Waals surface area contributed by atoms with Crippen LogP contribution >= 0.6 is 11.6 Å². The molecular weight excluding hydrogens is 277 g/mol. The Morgan fingerprint density at radius 1 is 1.20 bits per heavy atom. The molecule has 0 aromatic heterocycles. The van der Waals surface area contributed by atoms with E-state index in [2.05, 4.69) is 5.32 Å². The summed E-state index contributed by atoms with van der Waals surface area (Å²) in [7, 11) is 0. The van der Waals surface area contributed by atoms with Crippen molar-refractivity contribution in [3.63, 3.8) is 0 Å². The van der Waals surface area contributed by atoms with Crippen molar-refractivity contribution in [2.24, 2.45) is 0 Å². The van der Waals surface area contributed by atoms with Crippen LogP contribution in [0.5, 0.6) is 0 Å². The van der Waals surface area contributed by atoms with Gasteiger partial charge in [0.2, 0.25) is 0 Å². The number of aryl methyl sites for hydroxylation is 1. The highest BCUT2D eigenvalue weighted by molar-refractivity contribution is 6.30. The Morgan fingerprint density at radius 3 is 2.45 bits per heavy atom. The van der Waals surface area contributed by atoms with Gasteiger partial charge in [0.1, 0.15) is 5.82 Å². The van der Waals surface area contributed by atoms with E-state index < -0.39 is 0 Å². The minimum absolute atomic E-state index is 0.177. The second kappa shape index (κ2) is 6.06. The number of carbonyl (C=O) groups is 1. The number of hydrogen-bond donors (Lipinski definition) is 1. The van der Waals surface area contributed by atoms with Crippen molar-refractivity contribution in [3.05, 3.63) is 70.0 Å². The van der Waals surface area contributed by atoms with E-state index in [1.54, 1.807) is 31.2 Å². The first-order chi connectivity index (χ1) is 9.47. The van der Waals surface area contributed by atoms with Gasteiger partial charge in [0, 0.05) is 10.6 Å². The van der Waals surface area contributed by atoms with Crippen molar-refractivity contribution < 1.29 is 9.18 Å². The van der Waals surface area contributed by atoms with E-state index in [9.17, 15) is 9.18 Å². The maximum Gasteiger partial charge on any atom is 0.251 e. The lowest BCUT2D eigenvalue weighted by Crippen LogP contribution is -2.26. The molecule has 0 aliphatic heterocycles. The summed E-state index contributed by atoms with van der Waals surface area (Å²) in [6.07, 6.45) is 0. The number of carbonyl (C=O) groups excluding carboxylic acids is 1. The third-order valence-corrected chi connectivity index (χ3v) is 3.40. The van der Waals surface area contributed by atoms with E-state index in [1.165, 1.54) is 6.07 Å². The summed E-state index contributed by atoms with van der Waals surface area (Å²) in [4.78, 5) is 12.1. The van der Waals surface area contributed by atoms with Crippen molar-refractivity contribution in [2.75, 3.05) is 0 Å². The Bertz CT molecular complexity index is 625. The zero-order valence-electron chi connectivity index (χ0n) is 11.3. The quantitative estimate of drug-likeness (QED) is 0.898. The number of benzene rings is 2. The monoisotopic (exact) mass is 291 g/mol. The molecule has 4 heteroatoms. The van der Waals surface area contributed by atoms with E-state index in [4.69, 9.17) is 11.6 Å². The zero-order valence-corrected chi connectivity index (χ0v) is 12.0. The van der Waals surface area contributed by atoms with Gasteiger partial charge in [0.05, 0.1) is 6.04 Å². The number of halogens is 2. The lowest BCUT2D eigenvalue weighted by atomic mass is 10.1. The van der Waals surface area contributed by atoms with Crippen LogP contribution in [-0.4, -0.2) is 5.91 Å². The van der Waals surface area contributed by atoms with Crippen LogP contribution in [0.2, 0.25) is 5.02 Å². The summed E-state index contributed by atoms with van der Waals surface area (Å²) in [5.74, 6) is -0.678. The third kappa shape index (κ3) is 3.36. The van der Waals surface area contributed by atoms with Crippen LogP contribution in [0.4, 0.5) is 4.39 Å². The van der Waals surface area contributed by atoms with Crippen molar-refractivity contribution in [1.82, 2.24) is 5.32 Å². The predicted octanol–water partition coefficient (Wildman–Crippen LogP) is 4.28. The van der Waals surface area contributed by atoms with Crippen molar-refractivity contribution in [2.45, 2.75) is 19.9 Å². The van der Waals surface area contributed by atoms with E-state index in [-0.39, 0.29) is 17.8 Å². The van der Waals surface area contributed by atoms with E-state index in [1.807, 2.05) is 19.1 Å². The van der Waals surface area contributed by atoms with E-state index >= 15 is 0 Å². The van der Waals surface area contributed by atoms with Gasteiger partial charge in [-0.15, -0.1) is 0 Å². The molecule has 0 spiro atoms. The fraction of sp³-hybridized carbons (Fsp3) is 0.188. The minimum Gasteiger partial charge on any atom is -0.346 e. The molecule has 2 aromatic rings. The lowest BCUT2D eigenvalue weighted by molar-refractivity contribution is 0.0939. The maximum atomic E-state index is 13.4. The molecule has 0 saturated carbocycles. The fourth-order valence-corrected chi connectivity index (χ4v) is 1.97. The first-order valence-electron chi connectivity index (χ1n) is 6.30. The maximum absolute atomic E-state index is 13.4. The summed E-state index contributed by atoms with van der Waals surface area (Å²) in [6.45, 7) is 3.53. The average Bonchev–Trinajstić information content (AvgIpc) is 2.42. The molecule has 0 heterocycles.